The van der Waals surface area contributed by atoms with Crippen molar-refractivity contribution in [3.63, 3.8) is 0 Å². The highest BCUT2D eigenvalue weighted by atomic mass is 16.7. The third-order valence-electron chi connectivity index (χ3n) is 9.56. The van der Waals surface area contributed by atoms with Gasteiger partial charge in [-0.05, 0) is 54.3 Å². The second-order valence-corrected chi connectivity index (χ2v) is 13.1. The maximum atomic E-state index is 12.5. The fraction of sp³-hybridized carbons (Fsp3) is 0.366. The number of nitrogens with zero attached hydrogens (tertiary/aromatic N) is 1. The summed E-state index contributed by atoms with van der Waals surface area (Å²) in [6.07, 6.45) is -2.67. The SMILES string of the molecule is CC(=O)O[C@@H](C)C(=O)NCc1ccccc1-c1ccc([C@H]2O[C@@H](CN(C)[C@H](C)[C@@H](O)c3ccccc3)[C@@H](C)[C@@H](c3ccc(CO)cc3)O2)cc1. The lowest BCUT2D eigenvalue weighted by Gasteiger charge is -2.43. The van der Waals surface area contributed by atoms with Crippen LogP contribution < -0.4 is 5.32 Å². The van der Waals surface area contributed by atoms with Crippen LogP contribution in [0, 0.1) is 5.92 Å². The zero-order valence-electron chi connectivity index (χ0n) is 29.4. The summed E-state index contributed by atoms with van der Waals surface area (Å²) in [5, 5.41) is 23.6. The first kappa shape index (κ1) is 36.9. The molecule has 0 radical (unpaired) electrons. The highest BCUT2D eigenvalue weighted by molar-refractivity contribution is 5.83. The topological polar surface area (TPSA) is 118 Å². The molecule has 1 aliphatic rings. The van der Waals surface area contributed by atoms with Crippen LogP contribution >= 0.6 is 0 Å². The number of carbonyl (C=O) groups excluding carboxylic acids is 2. The van der Waals surface area contributed by atoms with Gasteiger partial charge in [-0.25, -0.2) is 0 Å². The van der Waals surface area contributed by atoms with Crippen molar-refractivity contribution in [3.8, 4) is 11.1 Å². The van der Waals surface area contributed by atoms with E-state index < -0.39 is 24.5 Å². The molecule has 1 amide bonds. The first-order valence-electron chi connectivity index (χ1n) is 17.1. The van der Waals surface area contributed by atoms with Crippen LogP contribution in [0.1, 0.15) is 74.0 Å². The van der Waals surface area contributed by atoms with Gasteiger partial charge in [0.05, 0.1) is 24.9 Å². The molecule has 9 heteroatoms. The fourth-order valence-corrected chi connectivity index (χ4v) is 6.35. The molecule has 5 rings (SSSR count). The Balaban J connectivity index is 1.35. The minimum atomic E-state index is -0.880. The number of benzene rings is 4. The average Bonchev–Trinajstić information content (AvgIpc) is 3.14. The lowest BCUT2D eigenvalue weighted by atomic mass is 9.89. The molecule has 3 N–H and O–H groups in total. The smallest absolute Gasteiger partial charge is 0.303 e. The molecule has 1 fully saturated rings. The van der Waals surface area contributed by atoms with E-state index in [4.69, 9.17) is 14.2 Å². The van der Waals surface area contributed by atoms with Gasteiger partial charge in [0.2, 0.25) is 0 Å². The summed E-state index contributed by atoms with van der Waals surface area (Å²) in [4.78, 5) is 25.9. The maximum Gasteiger partial charge on any atom is 0.303 e. The molecule has 0 spiro atoms. The summed E-state index contributed by atoms with van der Waals surface area (Å²) < 4.78 is 18.4. The van der Waals surface area contributed by atoms with Crippen molar-refractivity contribution in [2.75, 3.05) is 13.6 Å². The van der Waals surface area contributed by atoms with Gasteiger partial charge in [0, 0.05) is 37.5 Å². The number of esters is 1. The molecular weight excluding hydrogens is 632 g/mol. The van der Waals surface area contributed by atoms with E-state index in [1.54, 1.807) is 6.92 Å². The Labute approximate surface area is 294 Å². The van der Waals surface area contributed by atoms with Gasteiger partial charge in [-0.3, -0.25) is 14.5 Å². The molecule has 0 aliphatic carbocycles. The molecule has 0 saturated carbocycles. The largest absolute Gasteiger partial charge is 0.453 e. The van der Waals surface area contributed by atoms with Crippen molar-refractivity contribution < 1.29 is 34.0 Å². The van der Waals surface area contributed by atoms with Crippen LogP contribution in [-0.4, -0.2) is 58.8 Å². The van der Waals surface area contributed by atoms with Crippen molar-refractivity contribution in [3.05, 3.63) is 131 Å². The number of nitrogens with one attached hydrogen (secondary N) is 1. The number of rotatable bonds is 13. The molecular formula is C41H48N2O7. The zero-order chi connectivity index (χ0) is 35.8. The Hall–Kier alpha value is -4.38. The number of hydrogen-bond acceptors (Lipinski definition) is 8. The van der Waals surface area contributed by atoms with Crippen LogP contribution in [0.15, 0.2) is 103 Å². The summed E-state index contributed by atoms with van der Waals surface area (Å²) in [7, 11) is 2.01. The molecule has 4 aromatic carbocycles. The summed E-state index contributed by atoms with van der Waals surface area (Å²) >= 11 is 0. The summed E-state index contributed by atoms with van der Waals surface area (Å²) in [5.74, 6) is -0.884. The van der Waals surface area contributed by atoms with Crippen molar-refractivity contribution in [2.24, 2.45) is 5.92 Å². The van der Waals surface area contributed by atoms with Gasteiger partial charge >= 0.3 is 5.97 Å². The number of amides is 1. The monoisotopic (exact) mass is 680 g/mol. The molecule has 7 atom stereocenters. The van der Waals surface area contributed by atoms with Crippen LogP contribution in [0.3, 0.4) is 0 Å². The second-order valence-electron chi connectivity index (χ2n) is 13.1. The van der Waals surface area contributed by atoms with Crippen molar-refractivity contribution >= 4 is 11.9 Å². The molecule has 1 heterocycles. The predicted octanol–water partition coefficient (Wildman–Crippen LogP) is 6.26. The molecule has 1 saturated heterocycles. The fourth-order valence-electron chi connectivity index (χ4n) is 6.35. The number of ether oxygens (including phenoxy) is 3. The normalized spacial score (nSPS) is 20.9. The third-order valence-corrected chi connectivity index (χ3v) is 9.56. The van der Waals surface area contributed by atoms with Gasteiger partial charge < -0.3 is 29.7 Å². The highest BCUT2D eigenvalue weighted by Crippen LogP contribution is 2.42. The Kier molecular flexibility index (Phi) is 12.6. The van der Waals surface area contributed by atoms with Crippen LogP contribution in [0.4, 0.5) is 0 Å². The molecule has 264 valence electrons. The Morgan fingerprint density at radius 2 is 1.52 bits per heavy atom. The molecule has 0 bridgehead atoms. The van der Waals surface area contributed by atoms with Gasteiger partial charge in [0.1, 0.15) is 0 Å². The number of carbonyl (C=O) groups is 2. The predicted molar refractivity (Wildman–Crippen MR) is 191 cm³/mol. The van der Waals surface area contributed by atoms with Gasteiger partial charge in [-0.2, -0.15) is 0 Å². The van der Waals surface area contributed by atoms with Crippen molar-refractivity contribution in [2.45, 2.75) is 77.6 Å². The number of hydrogen-bond donors (Lipinski definition) is 3. The molecule has 9 nitrogen and oxygen atoms in total. The van der Waals surface area contributed by atoms with E-state index in [1.165, 1.54) is 6.92 Å². The summed E-state index contributed by atoms with van der Waals surface area (Å²) in [5.41, 5.74) is 6.42. The summed E-state index contributed by atoms with van der Waals surface area (Å²) in [6.45, 7) is 7.79. The lowest BCUT2D eigenvalue weighted by Crippen LogP contribution is -2.46. The standard InChI is InChI=1S/C41H48N2O7/c1-26-37(24-43(5)27(2)38(46)32-11-7-6-8-12-32)49-41(50-39(26)33-17-15-30(25-44)16-18-33)34-21-19-31(20-22-34)36-14-10-9-13-35(36)23-42-40(47)28(3)48-29(4)45/h6-22,26-28,37-39,41,44,46H,23-25H2,1-5H3,(H,42,47)/t26-,27-,28+,37+,38-,39+,41+/m1/s1. The van der Waals surface area contributed by atoms with Crippen LogP contribution in [0.25, 0.3) is 11.1 Å². The van der Waals surface area contributed by atoms with E-state index in [0.717, 1.165) is 38.9 Å². The van der Waals surface area contributed by atoms with E-state index in [1.807, 2.05) is 117 Å². The molecule has 4 aromatic rings. The number of aliphatic hydroxyl groups is 2. The van der Waals surface area contributed by atoms with Gasteiger partial charge in [-0.1, -0.05) is 110 Å². The van der Waals surface area contributed by atoms with Crippen LogP contribution in [0.2, 0.25) is 0 Å². The Bertz CT molecular complexity index is 1700. The van der Waals surface area contributed by atoms with E-state index in [9.17, 15) is 19.8 Å². The minimum Gasteiger partial charge on any atom is -0.453 e. The zero-order valence-corrected chi connectivity index (χ0v) is 29.4. The van der Waals surface area contributed by atoms with Crippen molar-refractivity contribution in [1.82, 2.24) is 10.2 Å². The number of likely N-dealkylation sites (N-methyl/N-ethyl adjacent to an activating group) is 1. The van der Waals surface area contributed by atoms with Crippen molar-refractivity contribution in [1.29, 1.82) is 0 Å². The Morgan fingerprint density at radius 3 is 2.18 bits per heavy atom. The van der Waals surface area contributed by atoms with Crippen LogP contribution in [0.5, 0.6) is 0 Å². The summed E-state index contributed by atoms with van der Waals surface area (Å²) in [6, 6.07) is 33.2. The first-order chi connectivity index (χ1) is 24.0. The van der Waals surface area contributed by atoms with Gasteiger partial charge in [0.25, 0.3) is 5.91 Å². The number of aliphatic hydroxyl groups excluding tert-OH is 2. The van der Waals surface area contributed by atoms with E-state index >= 15 is 0 Å². The quantitative estimate of drug-likeness (QED) is 0.142. The van der Waals surface area contributed by atoms with Gasteiger partial charge in [-0.15, -0.1) is 0 Å². The minimum absolute atomic E-state index is 0.0142. The van der Waals surface area contributed by atoms with Gasteiger partial charge in [0.15, 0.2) is 12.4 Å². The third kappa shape index (κ3) is 9.04. The van der Waals surface area contributed by atoms with Crippen LogP contribution in [-0.2, 0) is 37.0 Å². The first-order valence-corrected chi connectivity index (χ1v) is 17.1. The second kappa shape index (κ2) is 17.0. The maximum absolute atomic E-state index is 12.5. The lowest BCUT2D eigenvalue weighted by molar-refractivity contribution is -0.276. The molecule has 50 heavy (non-hydrogen) atoms. The average molecular weight is 681 g/mol. The van der Waals surface area contributed by atoms with E-state index in [-0.39, 0.29) is 43.2 Å². The molecule has 0 unspecified atom stereocenters. The van der Waals surface area contributed by atoms with E-state index in [2.05, 4.69) is 17.1 Å². The molecule has 0 aromatic heterocycles. The van der Waals surface area contributed by atoms with E-state index in [0.29, 0.717) is 6.54 Å². The highest BCUT2D eigenvalue weighted by Gasteiger charge is 2.39. The molecule has 1 aliphatic heterocycles. The Morgan fingerprint density at radius 1 is 0.880 bits per heavy atom.